The molecule has 0 saturated carbocycles. The maximum absolute atomic E-state index is 12.9. The van der Waals surface area contributed by atoms with E-state index in [0.29, 0.717) is 29.4 Å². The molecule has 0 aromatic heterocycles. The van der Waals surface area contributed by atoms with Crippen molar-refractivity contribution in [2.24, 2.45) is 10.3 Å². The van der Waals surface area contributed by atoms with Crippen LogP contribution in [0.4, 0.5) is 11.4 Å². The smallest absolute Gasteiger partial charge is 0.316 e. The van der Waals surface area contributed by atoms with Crippen LogP contribution >= 0.6 is 0 Å². The highest BCUT2D eigenvalue weighted by atomic mass is 32.2. The summed E-state index contributed by atoms with van der Waals surface area (Å²) in [5, 5.41) is 0. The predicted octanol–water partition coefficient (Wildman–Crippen LogP) is 5.11. The first-order valence-electron chi connectivity index (χ1n) is 13.2. The molecule has 41 heavy (non-hydrogen) atoms. The van der Waals surface area contributed by atoms with Gasteiger partial charge in [0, 0.05) is 36.4 Å². The molecular formula is C32H27N3O5S. The summed E-state index contributed by atoms with van der Waals surface area (Å²) in [6, 6.07) is 30.9. The van der Waals surface area contributed by atoms with Gasteiger partial charge in [0.25, 0.3) is 10.0 Å². The van der Waals surface area contributed by atoms with Gasteiger partial charge in [-0.05, 0) is 61.0 Å². The molecule has 0 spiro atoms. The van der Waals surface area contributed by atoms with E-state index >= 15 is 0 Å². The minimum absolute atomic E-state index is 0.0871. The molecule has 1 unspecified atom stereocenters. The average molecular weight is 566 g/mol. The van der Waals surface area contributed by atoms with E-state index in [0.717, 1.165) is 16.8 Å². The number of hydrogen-bond acceptors (Lipinski definition) is 6. The summed E-state index contributed by atoms with van der Waals surface area (Å²) in [6.45, 7) is 2.64. The Labute approximate surface area is 238 Å². The van der Waals surface area contributed by atoms with E-state index in [2.05, 4.69) is 4.40 Å². The Morgan fingerprint density at radius 3 is 2.34 bits per heavy atom. The van der Waals surface area contributed by atoms with Crippen LogP contribution in [-0.4, -0.2) is 32.7 Å². The predicted molar refractivity (Wildman–Crippen MR) is 157 cm³/mol. The number of hydrogen-bond donors (Lipinski definition) is 0. The van der Waals surface area contributed by atoms with Crippen molar-refractivity contribution in [1.29, 1.82) is 0 Å². The fourth-order valence-corrected chi connectivity index (χ4v) is 6.27. The summed E-state index contributed by atoms with van der Waals surface area (Å²) in [5.41, 5.74) is 4.06. The van der Waals surface area contributed by atoms with Crippen LogP contribution in [0, 0.1) is 12.8 Å². The van der Waals surface area contributed by atoms with Crippen molar-refractivity contribution in [1.82, 2.24) is 0 Å². The van der Waals surface area contributed by atoms with Crippen LogP contribution in [0.2, 0.25) is 0 Å². The summed E-state index contributed by atoms with van der Waals surface area (Å²) in [6.07, 6.45) is 0.0871. The Morgan fingerprint density at radius 2 is 1.61 bits per heavy atom. The number of fused-ring (bicyclic) bond motifs is 1. The fraction of sp³-hybridized carbons (Fsp3) is 0.156. The zero-order valence-corrected chi connectivity index (χ0v) is 23.1. The molecule has 206 valence electrons. The number of sulfonamides is 1. The van der Waals surface area contributed by atoms with E-state index in [1.165, 1.54) is 0 Å². The molecule has 1 saturated heterocycles. The second-order valence-corrected chi connectivity index (χ2v) is 11.7. The monoisotopic (exact) mass is 565 g/mol. The lowest BCUT2D eigenvalue weighted by Crippen LogP contribution is -2.30. The third-order valence-electron chi connectivity index (χ3n) is 7.22. The van der Waals surface area contributed by atoms with Crippen molar-refractivity contribution < 1.29 is 22.7 Å². The maximum atomic E-state index is 12.9. The number of rotatable bonds is 6. The van der Waals surface area contributed by atoms with Gasteiger partial charge in [-0.15, -0.1) is 4.40 Å². The van der Waals surface area contributed by atoms with Gasteiger partial charge in [0.1, 0.15) is 10.6 Å². The fourth-order valence-electron chi connectivity index (χ4n) is 5.06. The summed E-state index contributed by atoms with van der Waals surface area (Å²) in [7, 11) is -3.82. The Bertz CT molecular complexity index is 1750. The molecular weight excluding hydrogens is 538 g/mol. The zero-order valence-electron chi connectivity index (χ0n) is 22.3. The van der Waals surface area contributed by atoms with E-state index in [4.69, 9.17) is 4.74 Å². The van der Waals surface area contributed by atoms with Gasteiger partial charge in [0.2, 0.25) is 5.91 Å². The Kier molecular flexibility index (Phi) is 6.88. The molecule has 1 amide bonds. The quantitative estimate of drug-likeness (QED) is 0.238. The van der Waals surface area contributed by atoms with Crippen LogP contribution in [0.3, 0.4) is 0 Å². The third kappa shape index (κ3) is 5.36. The van der Waals surface area contributed by atoms with E-state index in [9.17, 15) is 18.0 Å². The number of amides is 1. The number of para-hydroxylation sites is 1. The molecule has 0 aliphatic carbocycles. The second kappa shape index (κ2) is 10.7. The molecule has 1 atom stereocenters. The Hall–Kier alpha value is -4.76. The summed E-state index contributed by atoms with van der Waals surface area (Å²) >= 11 is 0. The number of carbonyl (C=O) groups excluding carboxylic acids is 2. The van der Waals surface area contributed by atoms with E-state index < -0.39 is 21.9 Å². The maximum Gasteiger partial charge on any atom is 0.316 e. The number of ether oxygens (including phenoxy) is 1. The lowest BCUT2D eigenvalue weighted by molar-refractivity contribution is -0.139. The van der Waals surface area contributed by atoms with Crippen LogP contribution in [0.1, 0.15) is 23.1 Å². The van der Waals surface area contributed by atoms with Crippen molar-refractivity contribution in [3.8, 4) is 5.75 Å². The molecule has 4 aromatic carbocycles. The van der Waals surface area contributed by atoms with Gasteiger partial charge in [0.05, 0.1) is 5.92 Å². The van der Waals surface area contributed by atoms with Crippen molar-refractivity contribution in [3.63, 3.8) is 0 Å². The zero-order chi connectivity index (χ0) is 28.6. The van der Waals surface area contributed by atoms with Gasteiger partial charge in [-0.3, -0.25) is 9.59 Å². The Morgan fingerprint density at radius 1 is 0.927 bits per heavy atom. The molecule has 2 heterocycles. The number of carbonyl (C=O) groups is 2. The molecule has 0 bridgehead atoms. The molecule has 0 N–H and O–H groups in total. The third-order valence-corrected chi connectivity index (χ3v) is 8.55. The highest BCUT2D eigenvalue weighted by molar-refractivity contribution is 7.90. The molecule has 0 radical (unpaired) electrons. The lowest BCUT2D eigenvalue weighted by Gasteiger charge is -2.25. The summed E-state index contributed by atoms with van der Waals surface area (Å²) in [4.78, 5) is 29.1. The average Bonchev–Trinajstić information content (AvgIpc) is 3.50. The van der Waals surface area contributed by atoms with Crippen LogP contribution in [0.15, 0.2) is 112 Å². The molecule has 2 aliphatic heterocycles. The van der Waals surface area contributed by atoms with Crippen molar-refractivity contribution in [3.05, 3.63) is 120 Å². The number of anilines is 2. The number of amidine groups is 1. The molecule has 8 nitrogen and oxygen atoms in total. The van der Waals surface area contributed by atoms with Crippen molar-refractivity contribution in [2.45, 2.75) is 24.8 Å². The summed E-state index contributed by atoms with van der Waals surface area (Å²) in [5.74, 6) is -0.499. The molecule has 9 heteroatoms. The van der Waals surface area contributed by atoms with Crippen molar-refractivity contribution >= 4 is 39.1 Å². The molecule has 4 aromatic rings. The van der Waals surface area contributed by atoms with Crippen LogP contribution in [0.25, 0.3) is 0 Å². The van der Waals surface area contributed by atoms with Crippen LogP contribution in [0.5, 0.6) is 5.75 Å². The molecule has 1 fully saturated rings. The second-order valence-electron chi connectivity index (χ2n) is 10.1. The van der Waals surface area contributed by atoms with E-state index in [-0.39, 0.29) is 23.8 Å². The standard InChI is InChI=1S/C32H27N3O5S/c1-22-11-13-23(14-12-22)20-35(31-28-9-5-6-10-29(28)41(38,39)33-31)26-15-17-27(18-16-26)40-32(37)24-19-30(36)34(21-24)25-7-3-2-4-8-25/h2-18,24H,19-21H2,1H3. The van der Waals surface area contributed by atoms with Gasteiger partial charge in [0.15, 0.2) is 5.84 Å². The molecule has 6 rings (SSSR count). The van der Waals surface area contributed by atoms with Crippen molar-refractivity contribution in [2.75, 3.05) is 16.3 Å². The van der Waals surface area contributed by atoms with Gasteiger partial charge >= 0.3 is 5.97 Å². The normalized spacial score (nSPS) is 17.2. The first-order chi connectivity index (χ1) is 19.8. The van der Waals surface area contributed by atoms with E-state index in [1.54, 1.807) is 53.4 Å². The minimum Gasteiger partial charge on any atom is -0.426 e. The summed E-state index contributed by atoms with van der Waals surface area (Å²) < 4.78 is 35.5. The minimum atomic E-state index is -3.82. The number of esters is 1. The van der Waals surface area contributed by atoms with Gasteiger partial charge in [-0.1, -0.05) is 60.2 Å². The van der Waals surface area contributed by atoms with Gasteiger partial charge in [-0.25, -0.2) is 0 Å². The first-order valence-corrected chi connectivity index (χ1v) is 14.7. The number of benzene rings is 4. The van der Waals surface area contributed by atoms with Gasteiger partial charge in [-0.2, -0.15) is 8.42 Å². The SMILES string of the molecule is Cc1ccc(CN(C2=NS(=O)(=O)c3ccccc32)c2ccc(OC(=O)C3CC(=O)N(c4ccccc4)C3)cc2)cc1. The van der Waals surface area contributed by atoms with Crippen LogP contribution in [-0.2, 0) is 26.2 Å². The topological polar surface area (TPSA) is 96.3 Å². The highest BCUT2D eigenvalue weighted by Gasteiger charge is 2.36. The first kappa shape index (κ1) is 26.5. The highest BCUT2D eigenvalue weighted by Crippen LogP contribution is 2.32. The number of nitrogens with zero attached hydrogens (tertiary/aromatic N) is 3. The van der Waals surface area contributed by atoms with E-state index in [1.807, 2.05) is 66.4 Å². The van der Waals surface area contributed by atoms with Gasteiger partial charge < -0.3 is 14.5 Å². The lowest BCUT2D eigenvalue weighted by atomic mass is 10.1. The van der Waals surface area contributed by atoms with Crippen LogP contribution < -0.4 is 14.5 Å². The Balaban J connectivity index is 1.24. The largest absolute Gasteiger partial charge is 0.426 e. The number of aryl methyl sites for hydroxylation is 1. The molecule has 2 aliphatic rings.